The number of piperidine rings is 1. The third-order valence-corrected chi connectivity index (χ3v) is 5.83. The first-order chi connectivity index (χ1) is 13.3. The summed E-state index contributed by atoms with van der Waals surface area (Å²) in [6.07, 6.45) is 10.8. The molecule has 0 N–H and O–H groups in total. The van der Waals surface area contributed by atoms with Crippen molar-refractivity contribution in [3.8, 4) is 5.88 Å². The van der Waals surface area contributed by atoms with Gasteiger partial charge in [-0.25, -0.2) is 19.9 Å². The van der Waals surface area contributed by atoms with Crippen LogP contribution in [0.15, 0.2) is 24.7 Å². The highest BCUT2D eigenvalue weighted by atomic mass is 16.5. The largest absolute Gasteiger partial charge is 0.481 e. The van der Waals surface area contributed by atoms with Crippen LogP contribution in [0.5, 0.6) is 5.88 Å². The normalized spacial score (nSPS) is 20.6. The van der Waals surface area contributed by atoms with Gasteiger partial charge in [0.1, 0.15) is 23.8 Å². The molecule has 0 amide bonds. The van der Waals surface area contributed by atoms with Crippen molar-refractivity contribution in [2.24, 2.45) is 0 Å². The van der Waals surface area contributed by atoms with E-state index >= 15 is 0 Å². The molecular weight excluding hydrogens is 340 g/mol. The zero-order valence-corrected chi connectivity index (χ0v) is 15.8. The van der Waals surface area contributed by atoms with E-state index in [1.165, 1.54) is 25.7 Å². The lowest BCUT2D eigenvalue weighted by Gasteiger charge is -2.39. The van der Waals surface area contributed by atoms with Crippen molar-refractivity contribution < 1.29 is 4.74 Å². The van der Waals surface area contributed by atoms with Gasteiger partial charge in [-0.1, -0.05) is 0 Å². The van der Waals surface area contributed by atoms with E-state index < -0.39 is 0 Å². The monoisotopic (exact) mass is 366 g/mol. The summed E-state index contributed by atoms with van der Waals surface area (Å²) in [5.41, 5.74) is 0. The van der Waals surface area contributed by atoms with Crippen LogP contribution in [0, 0.1) is 0 Å². The molecule has 142 valence electrons. The summed E-state index contributed by atoms with van der Waals surface area (Å²) in [4.78, 5) is 22.9. The Morgan fingerprint density at radius 2 is 1.78 bits per heavy atom. The lowest BCUT2D eigenvalue weighted by molar-refractivity contribution is 0.395. The molecule has 1 aliphatic heterocycles. The van der Waals surface area contributed by atoms with Crippen molar-refractivity contribution in [3.63, 3.8) is 0 Å². The third kappa shape index (κ3) is 3.55. The molecule has 2 aromatic rings. The number of ether oxygens (including phenoxy) is 1. The molecule has 3 aliphatic rings. The van der Waals surface area contributed by atoms with E-state index in [-0.39, 0.29) is 0 Å². The molecule has 3 heterocycles. The summed E-state index contributed by atoms with van der Waals surface area (Å²) in [6.45, 7) is 2.05. The first-order valence-corrected chi connectivity index (χ1v) is 10.0. The second-order valence-electron chi connectivity index (χ2n) is 7.82. The Kier molecular flexibility index (Phi) is 4.30. The van der Waals surface area contributed by atoms with Gasteiger partial charge in [0.05, 0.1) is 7.11 Å². The van der Waals surface area contributed by atoms with E-state index in [0.717, 1.165) is 43.4 Å². The van der Waals surface area contributed by atoms with Crippen LogP contribution < -0.4 is 14.5 Å². The minimum atomic E-state index is 0.512. The highest BCUT2D eigenvalue weighted by Gasteiger charge is 2.37. The molecule has 0 radical (unpaired) electrons. The molecule has 0 spiro atoms. The van der Waals surface area contributed by atoms with Gasteiger partial charge in [-0.15, -0.1) is 0 Å². The molecule has 1 saturated heterocycles. The molecule has 7 heteroatoms. The lowest BCUT2D eigenvalue weighted by atomic mass is 10.0. The Hall–Kier alpha value is -2.44. The molecular formula is C20H26N6O. The van der Waals surface area contributed by atoms with Gasteiger partial charge in [-0.3, -0.25) is 0 Å². The maximum absolute atomic E-state index is 5.30. The first kappa shape index (κ1) is 16.7. The summed E-state index contributed by atoms with van der Waals surface area (Å²) in [6, 6.07) is 5.15. The van der Waals surface area contributed by atoms with Crippen LogP contribution in [-0.2, 0) is 0 Å². The molecule has 3 fully saturated rings. The van der Waals surface area contributed by atoms with Crippen LogP contribution >= 0.6 is 0 Å². The molecule has 7 nitrogen and oxygen atoms in total. The highest BCUT2D eigenvalue weighted by Crippen LogP contribution is 2.39. The summed E-state index contributed by atoms with van der Waals surface area (Å²) in [5, 5.41) is 0. The Morgan fingerprint density at radius 1 is 1.00 bits per heavy atom. The van der Waals surface area contributed by atoms with Gasteiger partial charge >= 0.3 is 0 Å². The van der Waals surface area contributed by atoms with E-state index in [9.17, 15) is 0 Å². The Balaban J connectivity index is 1.29. The van der Waals surface area contributed by atoms with Crippen molar-refractivity contribution in [1.29, 1.82) is 0 Å². The quantitative estimate of drug-likeness (QED) is 0.779. The first-order valence-electron chi connectivity index (χ1n) is 10.0. The number of methoxy groups -OCH3 is 1. The number of rotatable bonds is 6. The molecule has 0 bridgehead atoms. The maximum Gasteiger partial charge on any atom is 0.218 e. The summed E-state index contributed by atoms with van der Waals surface area (Å²) < 4.78 is 5.30. The smallest absolute Gasteiger partial charge is 0.218 e. The van der Waals surface area contributed by atoms with Crippen LogP contribution in [0.1, 0.15) is 50.3 Å². The molecule has 0 atom stereocenters. The molecule has 5 rings (SSSR count). The van der Waals surface area contributed by atoms with Crippen molar-refractivity contribution in [1.82, 2.24) is 19.9 Å². The number of hydrogen-bond donors (Lipinski definition) is 0. The van der Waals surface area contributed by atoms with Gasteiger partial charge in [0.25, 0.3) is 0 Å². The predicted molar refractivity (Wildman–Crippen MR) is 103 cm³/mol. The van der Waals surface area contributed by atoms with Gasteiger partial charge in [0.15, 0.2) is 0 Å². The Bertz CT molecular complexity index is 799. The number of hydrogen-bond acceptors (Lipinski definition) is 7. The molecule has 2 saturated carbocycles. The second-order valence-corrected chi connectivity index (χ2v) is 7.82. The van der Waals surface area contributed by atoms with Gasteiger partial charge < -0.3 is 14.5 Å². The summed E-state index contributed by atoms with van der Waals surface area (Å²) in [7, 11) is 1.66. The number of anilines is 2. The lowest BCUT2D eigenvalue weighted by Crippen LogP contribution is -2.46. The predicted octanol–water partition coefficient (Wildman–Crippen LogP) is 2.79. The topological polar surface area (TPSA) is 67.3 Å². The zero-order chi connectivity index (χ0) is 18.2. The van der Waals surface area contributed by atoms with Crippen molar-refractivity contribution in [2.45, 2.75) is 56.5 Å². The third-order valence-electron chi connectivity index (χ3n) is 5.83. The average molecular weight is 366 g/mol. The van der Waals surface area contributed by atoms with Crippen LogP contribution in [0.2, 0.25) is 0 Å². The van der Waals surface area contributed by atoms with E-state index in [2.05, 4.69) is 30.8 Å². The molecule has 2 aromatic heterocycles. The van der Waals surface area contributed by atoms with E-state index in [0.29, 0.717) is 23.9 Å². The molecule has 27 heavy (non-hydrogen) atoms. The van der Waals surface area contributed by atoms with Crippen LogP contribution in [-0.4, -0.2) is 52.2 Å². The van der Waals surface area contributed by atoms with E-state index in [1.807, 2.05) is 12.3 Å². The standard InChI is InChI=1S/C20H26N6O/c1-27-19-12-18(22-13-23-19)26(15-4-5-15)16-7-10-25(11-8-16)17-6-9-21-20(24-17)14-2-3-14/h6,9,12-16H,2-5,7-8,10-11H2,1H3. The average Bonchev–Trinajstić information content (AvgIpc) is 3.63. The second kappa shape index (κ2) is 6.94. The van der Waals surface area contributed by atoms with Crippen molar-refractivity contribution in [3.05, 3.63) is 30.5 Å². The van der Waals surface area contributed by atoms with Crippen molar-refractivity contribution in [2.75, 3.05) is 30.0 Å². The fourth-order valence-corrected chi connectivity index (χ4v) is 4.06. The van der Waals surface area contributed by atoms with Crippen LogP contribution in [0.3, 0.4) is 0 Å². The minimum Gasteiger partial charge on any atom is -0.481 e. The van der Waals surface area contributed by atoms with E-state index in [1.54, 1.807) is 13.4 Å². The van der Waals surface area contributed by atoms with Crippen molar-refractivity contribution >= 4 is 11.6 Å². The SMILES string of the molecule is COc1cc(N(C2CC2)C2CCN(c3ccnc(C4CC4)n3)CC2)ncn1. The zero-order valence-electron chi connectivity index (χ0n) is 15.8. The molecule has 0 unspecified atom stereocenters. The minimum absolute atomic E-state index is 0.512. The van der Waals surface area contributed by atoms with Gasteiger partial charge in [0.2, 0.25) is 5.88 Å². The van der Waals surface area contributed by atoms with Crippen LogP contribution in [0.4, 0.5) is 11.6 Å². The fraction of sp³-hybridized carbons (Fsp3) is 0.600. The number of nitrogens with zero attached hydrogens (tertiary/aromatic N) is 6. The Labute approximate surface area is 159 Å². The van der Waals surface area contributed by atoms with E-state index in [4.69, 9.17) is 9.72 Å². The Morgan fingerprint density at radius 3 is 2.48 bits per heavy atom. The summed E-state index contributed by atoms with van der Waals surface area (Å²) >= 11 is 0. The molecule has 0 aromatic carbocycles. The summed E-state index contributed by atoms with van der Waals surface area (Å²) in [5.74, 6) is 4.35. The highest BCUT2D eigenvalue weighted by molar-refractivity contribution is 5.46. The molecule has 2 aliphatic carbocycles. The maximum atomic E-state index is 5.30. The van der Waals surface area contributed by atoms with Gasteiger partial charge in [-0.05, 0) is 44.6 Å². The van der Waals surface area contributed by atoms with Crippen LogP contribution in [0.25, 0.3) is 0 Å². The number of aromatic nitrogens is 4. The van der Waals surface area contributed by atoms with Gasteiger partial charge in [0, 0.05) is 43.4 Å². The fourth-order valence-electron chi connectivity index (χ4n) is 4.06. The van der Waals surface area contributed by atoms with Gasteiger partial charge in [-0.2, -0.15) is 0 Å².